The molecular formula is C22H27NO. The first-order chi connectivity index (χ1) is 11.2. The van der Waals surface area contributed by atoms with Crippen LogP contribution in [0.4, 0.5) is 0 Å². The molecule has 2 fully saturated rings. The highest BCUT2D eigenvalue weighted by molar-refractivity contribution is 6.09. The Morgan fingerprint density at radius 1 is 1.21 bits per heavy atom. The van der Waals surface area contributed by atoms with Crippen LogP contribution in [0.5, 0.6) is 0 Å². The molecule has 3 aliphatic rings. The summed E-state index contributed by atoms with van der Waals surface area (Å²) in [6, 6.07) is 2.08. The fraction of sp³-hybridized carbons (Fsp3) is 0.636. The summed E-state index contributed by atoms with van der Waals surface area (Å²) in [5, 5.41) is 9.33. The smallest absolute Gasteiger partial charge is 0.196 e. The Hall–Kier alpha value is -1.80. The summed E-state index contributed by atoms with van der Waals surface area (Å²) < 4.78 is 0. The van der Waals surface area contributed by atoms with E-state index in [0.717, 1.165) is 19.3 Å². The maximum Gasteiger partial charge on any atom is 0.196 e. The molecular weight excluding hydrogens is 294 g/mol. The zero-order valence-electron chi connectivity index (χ0n) is 15.5. The molecule has 4 atom stereocenters. The van der Waals surface area contributed by atoms with Crippen molar-refractivity contribution in [2.45, 2.75) is 60.3 Å². The molecule has 0 unspecified atom stereocenters. The normalized spacial score (nSPS) is 40.1. The van der Waals surface area contributed by atoms with Crippen molar-refractivity contribution in [3.63, 3.8) is 0 Å². The largest absolute Gasteiger partial charge is 0.288 e. The molecule has 0 aromatic carbocycles. The number of hydrogen-bond donors (Lipinski definition) is 0. The number of fused-ring (bicyclic) bond motifs is 3. The van der Waals surface area contributed by atoms with Crippen LogP contribution in [0.25, 0.3) is 0 Å². The molecule has 24 heavy (non-hydrogen) atoms. The standard InChI is InChI=1S/C22H27NO/c1-6-9-22-11-8-18-20(3,4)15(2)7-10-21(18,5)19(22)12-17(24)16(13-22)14-23/h12-13,15,18H,7-8,10-11H2,1-5H3/t15-,18-,21-,22-/m0/s1. The molecule has 0 saturated heterocycles. The lowest BCUT2D eigenvalue weighted by molar-refractivity contribution is -0.111. The first-order valence-corrected chi connectivity index (χ1v) is 9.05. The van der Waals surface area contributed by atoms with Crippen LogP contribution < -0.4 is 0 Å². The third-order valence-corrected chi connectivity index (χ3v) is 7.36. The molecule has 0 amide bonds. The summed E-state index contributed by atoms with van der Waals surface area (Å²) in [5.41, 5.74) is 1.25. The highest BCUT2D eigenvalue weighted by Gasteiger charge is 2.58. The van der Waals surface area contributed by atoms with E-state index >= 15 is 0 Å². The predicted octanol–water partition coefficient (Wildman–Crippen LogP) is 4.83. The van der Waals surface area contributed by atoms with Crippen LogP contribution in [0.1, 0.15) is 60.3 Å². The molecule has 2 heteroatoms. The monoisotopic (exact) mass is 321 g/mol. The SMILES string of the molecule is CC#C[C@]12C=C(C#N)C(=O)C=C1[C@@]1(C)CC[C@H](C)C(C)(C)[C@@H]1CC2. The van der Waals surface area contributed by atoms with Gasteiger partial charge in [-0.15, -0.1) is 5.92 Å². The van der Waals surface area contributed by atoms with Gasteiger partial charge < -0.3 is 0 Å². The molecule has 2 nitrogen and oxygen atoms in total. The minimum atomic E-state index is -0.421. The highest BCUT2D eigenvalue weighted by Crippen LogP contribution is 2.66. The molecule has 0 bridgehead atoms. The quantitative estimate of drug-likeness (QED) is 0.600. The van der Waals surface area contributed by atoms with Gasteiger partial charge in [-0.05, 0) is 73.0 Å². The average molecular weight is 321 g/mol. The Morgan fingerprint density at radius 2 is 1.92 bits per heavy atom. The van der Waals surface area contributed by atoms with Crippen LogP contribution in [-0.2, 0) is 4.79 Å². The van der Waals surface area contributed by atoms with E-state index in [-0.39, 0.29) is 22.2 Å². The van der Waals surface area contributed by atoms with Gasteiger partial charge in [-0.25, -0.2) is 0 Å². The van der Waals surface area contributed by atoms with Gasteiger partial charge in [-0.2, -0.15) is 5.26 Å². The van der Waals surface area contributed by atoms with E-state index in [9.17, 15) is 10.1 Å². The van der Waals surface area contributed by atoms with E-state index in [2.05, 4.69) is 45.6 Å². The van der Waals surface area contributed by atoms with E-state index in [0.29, 0.717) is 11.8 Å². The Balaban J connectivity index is 2.18. The van der Waals surface area contributed by atoms with Crippen molar-refractivity contribution in [3.8, 4) is 17.9 Å². The van der Waals surface area contributed by atoms with E-state index in [1.54, 1.807) is 6.08 Å². The molecule has 0 radical (unpaired) electrons. The maximum absolute atomic E-state index is 12.5. The van der Waals surface area contributed by atoms with Crippen LogP contribution in [0.15, 0.2) is 23.3 Å². The number of carbonyl (C=O) groups excluding carboxylic acids is 1. The van der Waals surface area contributed by atoms with Crippen LogP contribution in [0, 0.1) is 51.3 Å². The Bertz CT molecular complexity index is 751. The lowest BCUT2D eigenvalue weighted by atomic mass is 9.43. The summed E-state index contributed by atoms with van der Waals surface area (Å²) in [4.78, 5) is 12.5. The van der Waals surface area contributed by atoms with Crippen molar-refractivity contribution in [2.75, 3.05) is 0 Å². The summed E-state index contributed by atoms with van der Waals surface area (Å²) in [6.45, 7) is 11.3. The number of rotatable bonds is 0. The molecule has 3 aliphatic carbocycles. The molecule has 0 heterocycles. The van der Waals surface area contributed by atoms with Crippen molar-refractivity contribution in [2.24, 2.45) is 28.1 Å². The fourth-order valence-corrected chi connectivity index (χ4v) is 5.70. The number of ketones is 1. The predicted molar refractivity (Wildman–Crippen MR) is 95.7 cm³/mol. The molecule has 0 N–H and O–H groups in total. The van der Waals surface area contributed by atoms with Gasteiger partial charge in [0.25, 0.3) is 0 Å². The number of hydrogen-bond acceptors (Lipinski definition) is 2. The Morgan fingerprint density at radius 3 is 2.54 bits per heavy atom. The van der Waals surface area contributed by atoms with Gasteiger partial charge in [0, 0.05) is 0 Å². The lowest BCUT2D eigenvalue weighted by Crippen LogP contribution is -2.53. The third kappa shape index (κ3) is 2.12. The molecule has 2 saturated carbocycles. The summed E-state index contributed by atoms with van der Waals surface area (Å²) in [7, 11) is 0. The van der Waals surface area contributed by atoms with E-state index in [4.69, 9.17) is 0 Å². The zero-order chi connectivity index (χ0) is 17.8. The van der Waals surface area contributed by atoms with E-state index < -0.39 is 5.41 Å². The van der Waals surface area contributed by atoms with Crippen LogP contribution in [0.2, 0.25) is 0 Å². The van der Waals surface area contributed by atoms with Crippen molar-refractivity contribution in [1.29, 1.82) is 5.26 Å². The second kappa shape index (κ2) is 5.35. The van der Waals surface area contributed by atoms with Gasteiger partial charge in [-0.3, -0.25) is 4.79 Å². The summed E-state index contributed by atoms with van der Waals surface area (Å²) in [6.07, 6.45) is 7.92. The topological polar surface area (TPSA) is 40.9 Å². The van der Waals surface area contributed by atoms with Crippen molar-refractivity contribution in [3.05, 3.63) is 23.3 Å². The van der Waals surface area contributed by atoms with Crippen LogP contribution in [-0.4, -0.2) is 5.78 Å². The Kier molecular flexibility index (Phi) is 3.80. The second-order valence-electron chi connectivity index (χ2n) is 8.71. The van der Waals surface area contributed by atoms with Gasteiger partial charge in [0.05, 0.1) is 11.0 Å². The molecule has 0 spiro atoms. The first-order valence-electron chi connectivity index (χ1n) is 9.05. The maximum atomic E-state index is 12.5. The summed E-state index contributed by atoms with van der Waals surface area (Å²) >= 11 is 0. The third-order valence-electron chi connectivity index (χ3n) is 7.36. The molecule has 3 rings (SSSR count). The Labute approximate surface area is 146 Å². The first kappa shape index (κ1) is 17.0. The minimum Gasteiger partial charge on any atom is -0.288 e. The van der Waals surface area contributed by atoms with E-state index in [1.165, 1.54) is 12.0 Å². The molecule has 0 aromatic rings. The van der Waals surface area contributed by atoms with Crippen LogP contribution >= 0.6 is 0 Å². The average Bonchev–Trinajstić information content (AvgIpc) is 2.52. The second-order valence-corrected chi connectivity index (χ2v) is 8.71. The van der Waals surface area contributed by atoms with Gasteiger partial charge >= 0.3 is 0 Å². The van der Waals surface area contributed by atoms with Gasteiger partial charge in [0.2, 0.25) is 0 Å². The lowest BCUT2D eigenvalue weighted by Gasteiger charge is -2.61. The van der Waals surface area contributed by atoms with Crippen LogP contribution in [0.3, 0.4) is 0 Å². The number of nitriles is 1. The van der Waals surface area contributed by atoms with E-state index in [1.807, 2.05) is 13.0 Å². The number of allylic oxidation sites excluding steroid dienone is 4. The fourth-order valence-electron chi connectivity index (χ4n) is 5.70. The van der Waals surface area contributed by atoms with Crippen molar-refractivity contribution < 1.29 is 4.79 Å². The van der Waals surface area contributed by atoms with Gasteiger partial charge in [0.1, 0.15) is 6.07 Å². The molecule has 126 valence electrons. The van der Waals surface area contributed by atoms with Gasteiger partial charge in [-0.1, -0.05) is 33.6 Å². The molecule has 0 aliphatic heterocycles. The highest BCUT2D eigenvalue weighted by atomic mass is 16.1. The number of carbonyl (C=O) groups is 1. The van der Waals surface area contributed by atoms with Crippen molar-refractivity contribution in [1.82, 2.24) is 0 Å². The minimum absolute atomic E-state index is 0.00867. The zero-order valence-corrected chi connectivity index (χ0v) is 15.5. The van der Waals surface area contributed by atoms with Gasteiger partial charge in [0.15, 0.2) is 5.78 Å². The molecule has 0 aromatic heterocycles. The summed E-state index contributed by atoms with van der Waals surface area (Å²) in [5.74, 6) is 7.56. The van der Waals surface area contributed by atoms with Crippen molar-refractivity contribution >= 4 is 5.78 Å². The number of nitrogens with zero attached hydrogens (tertiary/aromatic N) is 1.